The zero-order valence-electron chi connectivity index (χ0n) is 11.2. The van der Waals surface area contributed by atoms with Crippen LogP contribution in [0.1, 0.15) is 37.4 Å². The topological polar surface area (TPSA) is 108 Å². The van der Waals surface area contributed by atoms with Gasteiger partial charge in [-0.2, -0.15) is 4.72 Å². The number of hydrogen-bond donors (Lipinski definition) is 3. The van der Waals surface area contributed by atoms with Gasteiger partial charge in [-0.25, -0.2) is 13.4 Å². The lowest BCUT2D eigenvalue weighted by Crippen LogP contribution is -2.30. The molecule has 0 spiro atoms. The molecule has 20 heavy (non-hydrogen) atoms. The summed E-state index contributed by atoms with van der Waals surface area (Å²) >= 11 is 0. The van der Waals surface area contributed by atoms with Gasteiger partial charge in [0.1, 0.15) is 17.6 Å². The van der Waals surface area contributed by atoms with Crippen molar-refractivity contribution in [3.8, 4) is 0 Å². The minimum Gasteiger partial charge on any atom is -0.468 e. The van der Waals surface area contributed by atoms with E-state index >= 15 is 0 Å². The molecule has 2 heterocycles. The predicted molar refractivity (Wildman–Crippen MR) is 71.5 cm³/mol. The minimum atomic E-state index is -3.80. The Morgan fingerprint density at radius 3 is 2.75 bits per heavy atom. The van der Waals surface area contributed by atoms with Crippen molar-refractivity contribution in [2.24, 2.45) is 0 Å². The number of aromatic amines is 1. The molecule has 110 valence electrons. The van der Waals surface area contributed by atoms with Crippen LogP contribution in [0.4, 0.5) is 0 Å². The summed E-state index contributed by atoms with van der Waals surface area (Å²) in [7, 11) is -3.80. The van der Waals surface area contributed by atoms with E-state index in [0.717, 1.165) is 0 Å². The SMILES string of the molecule is CC(C)c1ncc(S(=O)(=O)NC(CO)c2ccco2)[nH]1. The zero-order valence-corrected chi connectivity index (χ0v) is 12.0. The van der Waals surface area contributed by atoms with Crippen LogP contribution in [-0.4, -0.2) is 30.1 Å². The van der Waals surface area contributed by atoms with Crippen LogP contribution in [0.5, 0.6) is 0 Å². The predicted octanol–water partition coefficient (Wildman–Crippen LogP) is 1.14. The maximum absolute atomic E-state index is 12.2. The van der Waals surface area contributed by atoms with Crippen LogP contribution in [0.15, 0.2) is 34.0 Å². The van der Waals surface area contributed by atoms with Crippen molar-refractivity contribution in [3.63, 3.8) is 0 Å². The van der Waals surface area contributed by atoms with E-state index in [2.05, 4.69) is 14.7 Å². The van der Waals surface area contributed by atoms with E-state index in [0.29, 0.717) is 11.6 Å². The van der Waals surface area contributed by atoms with Crippen molar-refractivity contribution in [3.05, 3.63) is 36.2 Å². The molecular formula is C12H17N3O4S. The molecule has 0 saturated carbocycles. The molecule has 1 unspecified atom stereocenters. The lowest BCUT2D eigenvalue weighted by molar-refractivity contribution is 0.241. The standard InChI is InChI=1S/C12H17N3O4S/c1-8(2)12-13-6-11(14-12)20(17,18)15-9(7-16)10-4-3-5-19-10/h3-6,8-9,15-16H,7H2,1-2H3,(H,13,14). The fourth-order valence-electron chi connectivity index (χ4n) is 1.67. The Kier molecular flexibility index (Phi) is 4.26. The second-order valence-electron chi connectivity index (χ2n) is 4.66. The molecule has 0 bridgehead atoms. The first-order chi connectivity index (χ1) is 9.44. The Balaban J connectivity index is 2.21. The van der Waals surface area contributed by atoms with Gasteiger partial charge < -0.3 is 14.5 Å². The number of H-pyrrole nitrogens is 1. The molecule has 1 atom stereocenters. The molecule has 7 nitrogen and oxygen atoms in total. The highest BCUT2D eigenvalue weighted by Gasteiger charge is 2.24. The molecule has 0 amide bonds. The Hall–Kier alpha value is -1.64. The van der Waals surface area contributed by atoms with Crippen LogP contribution >= 0.6 is 0 Å². The average Bonchev–Trinajstić information content (AvgIpc) is 3.06. The normalized spacial score (nSPS) is 13.8. The summed E-state index contributed by atoms with van der Waals surface area (Å²) in [5.41, 5.74) is 0. The van der Waals surface area contributed by atoms with Crippen molar-refractivity contribution in [2.75, 3.05) is 6.61 Å². The Labute approximate surface area is 117 Å². The van der Waals surface area contributed by atoms with Crippen LogP contribution < -0.4 is 4.72 Å². The van der Waals surface area contributed by atoms with Crippen LogP contribution in [0, 0.1) is 0 Å². The monoisotopic (exact) mass is 299 g/mol. The third-order valence-electron chi connectivity index (χ3n) is 2.78. The Bertz CT molecular complexity index is 646. The molecule has 2 rings (SSSR count). The number of sulfonamides is 1. The molecule has 8 heteroatoms. The number of aromatic nitrogens is 2. The van der Waals surface area contributed by atoms with E-state index in [1.807, 2.05) is 13.8 Å². The van der Waals surface area contributed by atoms with Crippen LogP contribution in [0.25, 0.3) is 0 Å². The van der Waals surface area contributed by atoms with Gasteiger partial charge in [-0.3, -0.25) is 0 Å². The Morgan fingerprint density at radius 2 is 2.25 bits per heavy atom. The fraction of sp³-hybridized carbons (Fsp3) is 0.417. The summed E-state index contributed by atoms with van der Waals surface area (Å²) in [6.45, 7) is 3.40. The number of aliphatic hydroxyl groups is 1. The number of rotatable bonds is 6. The van der Waals surface area contributed by atoms with E-state index < -0.39 is 22.7 Å². The molecule has 2 aromatic heterocycles. The summed E-state index contributed by atoms with van der Waals surface area (Å²) in [5, 5.41) is 9.25. The highest BCUT2D eigenvalue weighted by atomic mass is 32.2. The quantitative estimate of drug-likeness (QED) is 0.741. The summed E-state index contributed by atoms with van der Waals surface area (Å²) < 4.78 is 31.9. The second-order valence-corrected chi connectivity index (χ2v) is 6.34. The maximum Gasteiger partial charge on any atom is 0.258 e. The van der Waals surface area contributed by atoms with Crippen molar-refractivity contribution < 1.29 is 17.9 Å². The van der Waals surface area contributed by atoms with Crippen molar-refractivity contribution in [1.82, 2.24) is 14.7 Å². The number of furan rings is 1. The van der Waals surface area contributed by atoms with Crippen molar-refractivity contribution in [2.45, 2.75) is 30.8 Å². The van der Waals surface area contributed by atoms with Crippen LogP contribution in [-0.2, 0) is 10.0 Å². The molecule has 2 aromatic rings. The van der Waals surface area contributed by atoms with Gasteiger partial charge in [0.25, 0.3) is 10.0 Å². The largest absolute Gasteiger partial charge is 0.468 e. The number of imidazole rings is 1. The molecular weight excluding hydrogens is 282 g/mol. The first-order valence-electron chi connectivity index (χ1n) is 6.15. The summed E-state index contributed by atoms with van der Waals surface area (Å²) in [6, 6.07) is 2.38. The summed E-state index contributed by atoms with van der Waals surface area (Å²) in [6.07, 6.45) is 2.67. The second kappa shape index (κ2) is 5.78. The van der Waals surface area contributed by atoms with E-state index in [9.17, 15) is 13.5 Å². The molecule has 0 aliphatic rings. The first kappa shape index (κ1) is 14.8. The first-order valence-corrected chi connectivity index (χ1v) is 7.64. The average molecular weight is 299 g/mol. The van der Waals surface area contributed by atoms with Gasteiger partial charge in [0.2, 0.25) is 0 Å². The van der Waals surface area contributed by atoms with Crippen molar-refractivity contribution >= 4 is 10.0 Å². The summed E-state index contributed by atoms with van der Waals surface area (Å²) in [4.78, 5) is 6.77. The third kappa shape index (κ3) is 3.09. The number of nitrogens with one attached hydrogen (secondary N) is 2. The Morgan fingerprint density at radius 1 is 1.50 bits per heavy atom. The fourth-order valence-corrected chi connectivity index (χ4v) is 2.80. The lowest BCUT2D eigenvalue weighted by Gasteiger charge is -2.13. The van der Waals surface area contributed by atoms with E-state index in [1.54, 1.807) is 12.1 Å². The van der Waals surface area contributed by atoms with Gasteiger partial charge in [0, 0.05) is 5.92 Å². The van der Waals surface area contributed by atoms with Gasteiger partial charge in [0.15, 0.2) is 5.03 Å². The molecule has 0 aliphatic carbocycles. The molecule has 0 aromatic carbocycles. The van der Waals surface area contributed by atoms with Gasteiger partial charge in [-0.1, -0.05) is 13.8 Å². The maximum atomic E-state index is 12.2. The molecule has 0 saturated heterocycles. The smallest absolute Gasteiger partial charge is 0.258 e. The highest BCUT2D eigenvalue weighted by molar-refractivity contribution is 7.89. The van der Waals surface area contributed by atoms with E-state index in [4.69, 9.17) is 4.42 Å². The van der Waals surface area contributed by atoms with E-state index in [-0.39, 0.29) is 10.9 Å². The van der Waals surface area contributed by atoms with Crippen LogP contribution in [0.3, 0.4) is 0 Å². The lowest BCUT2D eigenvalue weighted by atomic mass is 10.2. The number of aliphatic hydroxyl groups excluding tert-OH is 1. The highest BCUT2D eigenvalue weighted by Crippen LogP contribution is 2.18. The molecule has 3 N–H and O–H groups in total. The molecule has 0 fully saturated rings. The summed E-state index contributed by atoms with van der Waals surface area (Å²) in [5.74, 6) is 1.03. The molecule has 0 radical (unpaired) electrons. The van der Waals surface area contributed by atoms with Gasteiger partial charge >= 0.3 is 0 Å². The number of nitrogens with zero attached hydrogens (tertiary/aromatic N) is 1. The van der Waals surface area contributed by atoms with Crippen LogP contribution in [0.2, 0.25) is 0 Å². The number of hydrogen-bond acceptors (Lipinski definition) is 5. The van der Waals surface area contributed by atoms with Gasteiger partial charge in [-0.15, -0.1) is 0 Å². The van der Waals surface area contributed by atoms with Gasteiger partial charge in [-0.05, 0) is 12.1 Å². The third-order valence-corrected chi connectivity index (χ3v) is 4.16. The van der Waals surface area contributed by atoms with Gasteiger partial charge in [0.05, 0.1) is 19.1 Å². The minimum absolute atomic E-state index is 0.0359. The van der Waals surface area contributed by atoms with E-state index in [1.165, 1.54) is 12.5 Å². The zero-order chi connectivity index (χ0) is 14.8. The molecule has 0 aliphatic heterocycles. The van der Waals surface area contributed by atoms with Crippen molar-refractivity contribution in [1.29, 1.82) is 0 Å².